The molecular weight excluding hydrogens is 428 g/mol. The summed E-state index contributed by atoms with van der Waals surface area (Å²) < 4.78 is 38.4. The predicted octanol–water partition coefficient (Wildman–Crippen LogP) is 4.17. The summed E-state index contributed by atoms with van der Waals surface area (Å²) in [5, 5.41) is 3.08. The summed E-state index contributed by atoms with van der Waals surface area (Å²) in [7, 11) is -0.866. The maximum Gasteiger partial charge on any atom is 0.255 e. The van der Waals surface area contributed by atoms with Gasteiger partial charge >= 0.3 is 0 Å². The van der Waals surface area contributed by atoms with Crippen molar-refractivity contribution in [2.45, 2.75) is 30.6 Å². The van der Waals surface area contributed by atoms with Crippen molar-refractivity contribution in [2.75, 3.05) is 32.6 Å². The Morgan fingerprint density at radius 2 is 1.60 bits per heavy atom. The molecular formula is C21H25ClN2O5S. The number of rotatable bonds is 6. The first-order valence-corrected chi connectivity index (χ1v) is 11.5. The lowest BCUT2D eigenvalue weighted by atomic mass is 10.2. The molecule has 30 heavy (non-hydrogen) atoms. The lowest BCUT2D eigenvalue weighted by Crippen LogP contribution is -2.32. The maximum atomic E-state index is 13.3. The van der Waals surface area contributed by atoms with Gasteiger partial charge in [-0.05, 0) is 49.2 Å². The molecule has 0 saturated carbocycles. The van der Waals surface area contributed by atoms with E-state index in [1.165, 1.54) is 36.7 Å². The van der Waals surface area contributed by atoms with Crippen LogP contribution < -0.4 is 14.8 Å². The van der Waals surface area contributed by atoms with Crippen LogP contribution in [0.15, 0.2) is 41.3 Å². The average Bonchev–Trinajstić information content (AvgIpc) is 3.03. The first-order valence-electron chi connectivity index (χ1n) is 9.70. The van der Waals surface area contributed by atoms with E-state index >= 15 is 0 Å². The van der Waals surface area contributed by atoms with Gasteiger partial charge in [0.15, 0.2) is 0 Å². The van der Waals surface area contributed by atoms with Gasteiger partial charge in [0.05, 0.1) is 19.2 Å². The van der Waals surface area contributed by atoms with Crippen LogP contribution in [-0.4, -0.2) is 45.9 Å². The number of hydrogen-bond acceptors (Lipinski definition) is 5. The Morgan fingerprint density at radius 1 is 0.967 bits per heavy atom. The van der Waals surface area contributed by atoms with Crippen LogP contribution in [0.4, 0.5) is 5.69 Å². The van der Waals surface area contributed by atoms with Crippen LogP contribution in [0.25, 0.3) is 0 Å². The third-order valence-electron chi connectivity index (χ3n) is 5.02. The summed E-state index contributed by atoms with van der Waals surface area (Å²) in [6.07, 6.45) is 3.66. The maximum absolute atomic E-state index is 13.3. The second-order valence-electron chi connectivity index (χ2n) is 6.99. The van der Waals surface area contributed by atoms with Crippen LogP contribution in [-0.2, 0) is 10.0 Å². The Hall–Kier alpha value is -2.29. The van der Waals surface area contributed by atoms with Gasteiger partial charge in [0, 0.05) is 24.3 Å². The SMILES string of the molecule is COc1ccc(NC(=O)c2ccc(OC)c(S(=O)(=O)N3CCCCCC3)c2)cc1Cl. The molecule has 3 rings (SSSR count). The summed E-state index contributed by atoms with van der Waals surface area (Å²) in [6, 6.07) is 9.25. The number of anilines is 1. The summed E-state index contributed by atoms with van der Waals surface area (Å²) in [5.74, 6) is 0.249. The highest BCUT2D eigenvalue weighted by Gasteiger charge is 2.29. The van der Waals surface area contributed by atoms with Crippen molar-refractivity contribution in [1.29, 1.82) is 0 Å². The summed E-state index contributed by atoms with van der Waals surface area (Å²) >= 11 is 6.11. The molecule has 0 atom stereocenters. The van der Waals surface area contributed by atoms with E-state index < -0.39 is 15.9 Å². The van der Waals surface area contributed by atoms with Crippen LogP contribution in [0.3, 0.4) is 0 Å². The molecule has 0 aliphatic carbocycles. The van der Waals surface area contributed by atoms with E-state index in [0.717, 1.165) is 25.7 Å². The standard InChI is InChI=1S/C21H25ClN2O5S/c1-28-18-10-8-16(14-17(18)22)23-21(25)15-7-9-19(29-2)20(13-15)30(26,27)24-11-5-3-4-6-12-24/h7-10,13-14H,3-6,11-12H2,1-2H3,(H,23,25). The lowest BCUT2D eigenvalue weighted by molar-refractivity contribution is 0.102. The van der Waals surface area contributed by atoms with Gasteiger partial charge in [0.25, 0.3) is 5.91 Å². The summed E-state index contributed by atoms with van der Waals surface area (Å²) in [5.41, 5.74) is 0.676. The zero-order valence-corrected chi connectivity index (χ0v) is 18.6. The normalized spacial score (nSPS) is 15.3. The molecule has 162 valence electrons. The van der Waals surface area contributed by atoms with E-state index in [4.69, 9.17) is 21.1 Å². The molecule has 1 amide bonds. The van der Waals surface area contributed by atoms with Crippen LogP contribution in [0.5, 0.6) is 11.5 Å². The van der Waals surface area contributed by atoms with Gasteiger partial charge in [-0.3, -0.25) is 4.79 Å². The molecule has 0 spiro atoms. The molecule has 0 radical (unpaired) electrons. The molecule has 0 aromatic heterocycles. The number of carbonyl (C=O) groups is 1. The number of halogens is 1. The van der Waals surface area contributed by atoms with Crippen molar-refractivity contribution in [1.82, 2.24) is 4.31 Å². The highest BCUT2D eigenvalue weighted by molar-refractivity contribution is 7.89. The number of nitrogens with one attached hydrogen (secondary N) is 1. The van der Waals surface area contributed by atoms with Gasteiger partial charge < -0.3 is 14.8 Å². The number of nitrogens with zero attached hydrogens (tertiary/aromatic N) is 1. The molecule has 1 heterocycles. The highest BCUT2D eigenvalue weighted by Crippen LogP contribution is 2.31. The minimum absolute atomic E-state index is 0.00712. The number of methoxy groups -OCH3 is 2. The molecule has 2 aromatic rings. The van der Waals surface area contributed by atoms with Crippen molar-refractivity contribution >= 4 is 33.2 Å². The Bertz CT molecular complexity index is 1020. The average molecular weight is 453 g/mol. The van der Waals surface area contributed by atoms with E-state index in [9.17, 15) is 13.2 Å². The number of hydrogen-bond donors (Lipinski definition) is 1. The van der Waals surface area contributed by atoms with Crippen LogP contribution >= 0.6 is 11.6 Å². The van der Waals surface area contributed by atoms with Gasteiger partial charge in [0.1, 0.15) is 16.4 Å². The molecule has 2 aromatic carbocycles. The Kier molecular flexibility index (Phi) is 7.23. The number of sulfonamides is 1. The minimum atomic E-state index is -3.78. The zero-order valence-electron chi connectivity index (χ0n) is 17.0. The fourth-order valence-electron chi connectivity index (χ4n) is 3.39. The first kappa shape index (κ1) is 22.4. The number of benzene rings is 2. The number of carbonyl (C=O) groups excluding carboxylic acids is 1. The van der Waals surface area contributed by atoms with E-state index in [0.29, 0.717) is 29.5 Å². The molecule has 1 aliphatic rings. The first-order chi connectivity index (χ1) is 14.4. The van der Waals surface area contributed by atoms with Crippen molar-refractivity contribution < 1.29 is 22.7 Å². The van der Waals surface area contributed by atoms with Gasteiger partial charge in [-0.25, -0.2) is 8.42 Å². The second kappa shape index (κ2) is 9.68. The van der Waals surface area contributed by atoms with Crippen LogP contribution in [0.1, 0.15) is 36.0 Å². The molecule has 9 heteroatoms. The second-order valence-corrected chi connectivity index (χ2v) is 9.30. The fraction of sp³-hybridized carbons (Fsp3) is 0.381. The van der Waals surface area contributed by atoms with Crippen molar-refractivity contribution in [3.63, 3.8) is 0 Å². The van der Waals surface area contributed by atoms with Gasteiger partial charge in [-0.2, -0.15) is 4.31 Å². The van der Waals surface area contributed by atoms with Gasteiger partial charge in [-0.1, -0.05) is 24.4 Å². The topological polar surface area (TPSA) is 84.9 Å². The highest BCUT2D eigenvalue weighted by atomic mass is 35.5. The lowest BCUT2D eigenvalue weighted by Gasteiger charge is -2.21. The van der Waals surface area contributed by atoms with Crippen molar-refractivity contribution in [3.8, 4) is 11.5 Å². The third kappa shape index (κ3) is 4.88. The quantitative estimate of drug-likeness (QED) is 0.710. The van der Waals surface area contributed by atoms with E-state index in [1.54, 1.807) is 18.2 Å². The summed E-state index contributed by atoms with van der Waals surface area (Å²) in [4.78, 5) is 12.7. The minimum Gasteiger partial charge on any atom is -0.495 e. The molecule has 7 nitrogen and oxygen atoms in total. The largest absolute Gasteiger partial charge is 0.495 e. The third-order valence-corrected chi connectivity index (χ3v) is 7.23. The molecule has 0 unspecified atom stereocenters. The van der Waals surface area contributed by atoms with E-state index in [-0.39, 0.29) is 16.2 Å². The molecule has 1 saturated heterocycles. The monoisotopic (exact) mass is 452 g/mol. The van der Waals surface area contributed by atoms with E-state index in [2.05, 4.69) is 5.32 Å². The van der Waals surface area contributed by atoms with E-state index in [1.807, 2.05) is 0 Å². The molecule has 1 aliphatic heterocycles. The zero-order chi connectivity index (χ0) is 21.7. The smallest absolute Gasteiger partial charge is 0.255 e. The van der Waals surface area contributed by atoms with Crippen molar-refractivity contribution in [2.24, 2.45) is 0 Å². The Labute approximate surface area is 182 Å². The number of amides is 1. The molecule has 1 fully saturated rings. The molecule has 0 bridgehead atoms. The Morgan fingerprint density at radius 3 is 2.20 bits per heavy atom. The Balaban J connectivity index is 1.89. The fourth-order valence-corrected chi connectivity index (χ4v) is 5.34. The van der Waals surface area contributed by atoms with Crippen molar-refractivity contribution in [3.05, 3.63) is 47.0 Å². The van der Waals surface area contributed by atoms with Crippen LogP contribution in [0.2, 0.25) is 5.02 Å². The summed E-state index contributed by atoms with van der Waals surface area (Å²) in [6.45, 7) is 0.929. The van der Waals surface area contributed by atoms with Crippen LogP contribution in [0, 0.1) is 0 Å². The number of ether oxygens (including phenoxy) is 2. The van der Waals surface area contributed by atoms with Gasteiger partial charge in [0.2, 0.25) is 10.0 Å². The molecule has 1 N–H and O–H groups in total. The predicted molar refractivity (Wildman–Crippen MR) is 116 cm³/mol. The van der Waals surface area contributed by atoms with Gasteiger partial charge in [-0.15, -0.1) is 0 Å².